The summed E-state index contributed by atoms with van der Waals surface area (Å²) >= 11 is 0. The Morgan fingerprint density at radius 3 is 2.55 bits per heavy atom. The van der Waals surface area contributed by atoms with Gasteiger partial charge in [0.25, 0.3) is 0 Å². The molecule has 1 aromatic rings. The third kappa shape index (κ3) is 3.12. The summed E-state index contributed by atoms with van der Waals surface area (Å²) in [6.07, 6.45) is 1.55. The van der Waals surface area contributed by atoms with Crippen LogP contribution in [0.4, 0.5) is 0 Å². The zero-order chi connectivity index (χ0) is 14.7. The van der Waals surface area contributed by atoms with Gasteiger partial charge in [-0.3, -0.25) is 4.79 Å². The van der Waals surface area contributed by atoms with Crippen LogP contribution >= 0.6 is 0 Å². The molecule has 1 amide bonds. The zero-order valence-electron chi connectivity index (χ0n) is 12.5. The van der Waals surface area contributed by atoms with E-state index in [1.165, 1.54) is 0 Å². The predicted molar refractivity (Wildman–Crippen MR) is 78.0 cm³/mol. The minimum absolute atomic E-state index is 0.143. The molecule has 0 atom stereocenters. The Balaban J connectivity index is 2.06. The van der Waals surface area contributed by atoms with Crippen molar-refractivity contribution in [3.63, 3.8) is 0 Å². The van der Waals surface area contributed by atoms with Gasteiger partial charge >= 0.3 is 0 Å². The monoisotopic (exact) mass is 277 g/mol. The van der Waals surface area contributed by atoms with Gasteiger partial charge in [0.2, 0.25) is 5.91 Å². The number of benzene rings is 1. The fraction of sp³-hybridized carbons (Fsp3) is 0.562. The Morgan fingerprint density at radius 1 is 1.30 bits per heavy atom. The fourth-order valence-electron chi connectivity index (χ4n) is 2.65. The smallest absolute Gasteiger partial charge is 0.227 e. The lowest BCUT2D eigenvalue weighted by molar-refractivity contribution is -0.132. The molecular formula is C16H23NO3. The molecule has 1 aliphatic rings. The van der Waals surface area contributed by atoms with Crippen LogP contribution in [0.15, 0.2) is 12.1 Å². The molecule has 1 fully saturated rings. The second-order valence-electron chi connectivity index (χ2n) is 5.47. The van der Waals surface area contributed by atoms with Crippen LogP contribution in [-0.2, 0) is 11.2 Å². The number of carbonyl (C=O) groups excluding carboxylic acids is 1. The lowest BCUT2D eigenvalue weighted by atomic mass is 9.99. The van der Waals surface area contributed by atoms with E-state index < -0.39 is 0 Å². The Morgan fingerprint density at radius 2 is 1.95 bits per heavy atom. The maximum atomic E-state index is 12.3. The van der Waals surface area contributed by atoms with E-state index in [9.17, 15) is 9.90 Å². The van der Waals surface area contributed by atoms with Crippen molar-refractivity contribution in [2.45, 2.75) is 39.2 Å². The zero-order valence-corrected chi connectivity index (χ0v) is 12.5. The van der Waals surface area contributed by atoms with Crippen molar-refractivity contribution in [2.75, 3.05) is 20.2 Å². The van der Waals surface area contributed by atoms with Gasteiger partial charge in [-0.15, -0.1) is 0 Å². The SMILES string of the molecule is COc1ccc(CC(=O)N2CCC(O)CC2)c(C)c1C. The van der Waals surface area contributed by atoms with Crippen LogP contribution in [0.3, 0.4) is 0 Å². The topological polar surface area (TPSA) is 49.8 Å². The molecule has 0 radical (unpaired) electrons. The van der Waals surface area contributed by atoms with Gasteiger partial charge in [-0.05, 0) is 49.4 Å². The highest BCUT2D eigenvalue weighted by Crippen LogP contribution is 2.24. The first-order valence-corrected chi connectivity index (χ1v) is 7.12. The maximum absolute atomic E-state index is 12.3. The summed E-state index contributed by atoms with van der Waals surface area (Å²) in [5.74, 6) is 1.00. The Labute approximate surface area is 120 Å². The van der Waals surface area contributed by atoms with E-state index in [-0.39, 0.29) is 12.0 Å². The number of likely N-dealkylation sites (tertiary alicyclic amines) is 1. The van der Waals surface area contributed by atoms with Crippen molar-refractivity contribution >= 4 is 5.91 Å². The minimum atomic E-state index is -0.246. The number of aliphatic hydroxyl groups is 1. The molecule has 1 saturated heterocycles. The first-order valence-electron chi connectivity index (χ1n) is 7.12. The van der Waals surface area contributed by atoms with Crippen LogP contribution in [-0.4, -0.2) is 42.2 Å². The molecule has 4 nitrogen and oxygen atoms in total. The van der Waals surface area contributed by atoms with Crippen LogP contribution < -0.4 is 4.74 Å². The molecule has 1 heterocycles. The lowest BCUT2D eigenvalue weighted by Gasteiger charge is -2.30. The third-order valence-electron chi connectivity index (χ3n) is 4.23. The van der Waals surface area contributed by atoms with Gasteiger partial charge in [0.15, 0.2) is 0 Å². The molecule has 20 heavy (non-hydrogen) atoms. The van der Waals surface area contributed by atoms with Crippen LogP contribution in [0, 0.1) is 13.8 Å². The molecule has 1 aliphatic heterocycles. The van der Waals surface area contributed by atoms with Crippen molar-refractivity contribution < 1.29 is 14.6 Å². The summed E-state index contributed by atoms with van der Waals surface area (Å²) < 4.78 is 5.29. The van der Waals surface area contributed by atoms with Crippen LogP contribution in [0.2, 0.25) is 0 Å². The highest BCUT2D eigenvalue weighted by Gasteiger charge is 2.22. The van der Waals surface area contributed by atoms with Gasteiger partial charge < -0.3 is 14.7 Å². The Bertz CT molecular complexity index is 491. The maximum Gasteiger partial charge on any atom is 0.227 e. The second-order valence-corrected chi connectivity index (χ2v) is 5.47. The summed E-state index contributed by atoms with van der Waals surface area (Å²) in [6, 6.07) is 3.89. The largest absolute Gasteiger partial charge is 0.496 e. The molecule has 110 valence electrons. The van der Waals surface area contributed by atoms with Crippen molar-refractivity contribution in [1.82, 2.24) is 4.90 Å². The lowest BCUT2D eigenvalue weighted by Crippen LogP contribution is -2.40. The Hall–Kier alpha value is -1.55. The van der Waals surface area contributed by atoms with Crippen molar-refractivity contribution in [3.05, 3.63) is 28.8 Å². The van der Waals surface area contributed by atoms with Crippen molar-refractivity contribution in [3.8, 4) is 5.75 Å². The average Bonchev–Trinajstić information content (AvgIpc) is 2.45. The number of ether oxygens (including phenoxy) is 1. The molecule has 0 saturated carbocycles. The summed E-state index contributed by atoms with van der Waals surface area (Å²) in [5.41, 5.74) is 3.26. The van der Waals surface area contributed by atoms with E-state index >= 15 is 0 Å². The number of aliphatic hydroxyl groups excluding tert-OH is 1. The standard InChI is InChI=1S/C16H23NO3/c1-11-12(2)15(20-3)5-4-13(11)10-16(19)17-8-6-14(18)7-9-17/h4-5,14,18H,6-10H2,1-3H3. The second kappa shape index (κ2) is 6.27. The van der Waals surface area contributed by atoms with Gasteiger partial charge in [-0.1, -0.05) is 6.07 Å². The first-order chi connectivity index (χ1) is 9.52. The number of hydrogen-bond donors (Lipinski definition) is 1. The minimum Gasteiger partial charge on any atom is -0.496 e. The third-order valence-corrected chi connectivity index (χ3v) is 4.23. The van der Waals surface area contributed by atoms with Gasteiger partial charge in [0.1, 0.15) is 5.75 Å². The fourth-order valence-corrected chi connectivity index (χ4v) is 2.65. The molecule has 4 heteroatoms. The number of rotatable bonds is 3. The number of nitrogens with zero attached hydrogens (tertiary/aromatic N) is 1. The molecule has 0 spiro atoms. The van der Waals surface area contributed by atoms with E-state index in [1.54, 1.807) is 7.11 Å². The highest BCUT2D eigenvalue weighted by atomic mass is 16.5. The first kappa shape index (κ1) is 14.9. The van der Waals surface area contributed by atoms with Crippen molar-refractivity contribution in [2.24, 2.45) is 0 Å². The predicted octanol–water partition coefficient (Wildman–Crippen LogP) is 1.84. The Kier molecular flexibility index (Phi) is 4.65. The number of carbonyl (C=O) groups is 1. The van der Waals surface area contributed by atoms with Crippen LogP contribution in [0.1, 0.15) is 29.5 Å². The molecule has 0 aromatic heterocycles. The number of methoxy groups -OCH3 is 1. The number of amides is 1. The van der Waals surface area contributed by atoms with Crippen LogP contribution in [0.5, 0.6) is 5.75 Å². The molecule has 0 aliphatic carbocycles. The van der Waals surface area contributed by atoms with Gasteiger partial charge in [-0.25, -0.2) is 0 Å². The molecule has 1 aromatic carbocycles. The molecule has 0 bridgehead atoms. The van der Waals surface area contributed by atoms with Crippen molar-refractivity contribution in [1.29, 1.82) is 0 Å². The summed E-state index contributed by atoms with van der Waals surface area (Å²) in [5, 5.41) is 9.48. The van der Waals surface area contributed by atoms with Crippen LogP contribution in [0.25, 0.3) is 0 Å². The molecular weight excluding hydrogens is 254 g/mol. The van der Waals surface area contributed by atoms with E-state index in [4.69, 9.17) is 4.74 Å². The van der Waals surface area contributed by atoms with E-state index in [0.717, 1.165) is 22.4 Å². The molecule has 2 rings (SSSR count). The van der Waals surface area contributed by atoms with Gasteiger partial charge in [0.05, 0.1) is 19.6 Å². The van der Waals surface area contributed by atoms with Gasteiger partial charge in [0, 0.05) is 13.1 Å². The average molecular weight is 277 g/mol. The van der Waals surface area contributed by atoms with E-state index in [2.05, 4.69) is 0 Å². The summed E-state index contributed by atoms with van der Waals surface area (Å²) in [4.78, 5) is 14.2. The quantitative estimate of drug-likeness (QED) is 0.917. The number of piperidine rings is 1. The summed E-state index contributed by atoms with van der Waals surface area (Å²) in [7, 11) is 1.66. The van der Waals surface area contributed by atoms with E-state index in [1.807, 2.05) is 30.9 Å². The number of hydrogen-bond acceptors (Lipinski definition) is 3. The highest BCUT2D eigenvalue weighted by molar-refractivity contribution is 5.79. The molecule has 1 N–H and O–H groups in total. The summed E-state index contributed by atoms with van der Waals surface area (Å²) in [6.45, 7) is 5.36. The molecule has 0 unspecified atom stereocenters. The normalized spacial score (nSPS) is 16.3. The van der Waals surface area contributed by atoms with Gasteiger partial charge in [-0.2, -0.15) is 0 Å². The van der Waals surface area contributed by atoms with E-state index in [0.29, 0.717) is 32.4 Å².